The number of H-pyrrole nitrogens is 1. The molecular formula is C8H8N4OS. The average Bonchev–Trinajstić information content (AvgIpc) is 2.77. The molecule has 1 heterocycles. The first-order chi connectivity index (χ1) is 6.80. The van der Waals surface area contributed by atoms with Gasteiger partial charge in [-0.25, -0.2) is 5.10 Å². The molecular weight excluding hydrogens is 200 g/mol. The molecule has 2 rings (SSSR count). The van der Waals surface area contributed by atoms with Gasteiger partial charge in [0.25, 0.3) is 0 Å². The minimum absolute atomic E-state index is 0.185. The summed E-state index contributed by atoms with van der Waals surface area (Å²) in [5.41, 5.74) is 0.640. The lowest BCUT2D eigenvalue weighted by molar-refractivity contribution is 0.109. The minimum atomic E-state index is -0.185. The summed E-state index contributed by atoms with van der Waals surface area (Å²) in [5.74, 6) is 0. The van der Waals surface area contributed by atoms with Crippen molar-refractivity contribution in [1.82, 2.24) is 20.6 Å². The molecule has 0 spiro atoms. The highest BCUT2D eigenvalue weighted by molar-refractivity contribution is 7.97. The average molecular weight is 208 g/mol. The van der Waals surface area contributed by atoms with E-state index in [-0.39, 0.29) is 5.12 Å². The van der Waals surface area contributed by atoms with Gasteiger partial charge in [-0.15, -0.1) is 17.7 Å². The molecule has 5 nitrogen and oxygen atoms in total. The van der Waals surface area contributed by atoms with Gasteiger partial charge in [0, 0.05) is 5.56 Å². The Balaban J connectivity index is 0.000000165. The molecule has 1 N–H and O–H groups in total. The highest BCUT2D eigenvalue weighted by Gasteiger charge is 1.94. The monoisotopic (exact) mass is 208 g/mol. The van der Waals surface area contributed by atoms with Crippen LogP contribution in [0.2, 0.25) is 0 Å². The van der Waals surface area contributed by atoms with E-state index in [0.717, 1.165) is 0 Å². The van der Waals surface area contributed by atoms with Gasteiger partial charge in [-0.05, 0) is 10.4 Å². The van der Waals surface area contributed by atoms with Crippen molar-refractivity contribution in [3.8, 4) is 0 Å². The first kappa shape index (κ1) is 10.4. The van der Waals surface area contributed by atoms with Crippen molar-refractivity contribution < 1.29 is 4.79 Å². The second-order valence-electron chi connectivity index (χ2n) is 2.23. The standard InChI is InChI=1S/C7H6OS.CH2N4/c8-7(9)6-4-2-1-3-5-6;1-2-4-5-3-1/h1-5H,(H,8,9);1H,(H,2,3,4,5). The number of tetrazole rings is 1. The van der Waals surface area contributed by atoms with Gasteiger partial charge in [-0.1, -0.05) is 30.3 Å². The Morgan fingerprint density at radius 3 is 2.29 bits per heavy atom. The Labute approximate surface area is 85.9 Å². The van der Waals surface area contributed by atoms with E-state index in [1.54, 1.807) is 12.1 Å². The smallest absolute Gasteiger partial charge is 0.216 e. The van der Waals surface area contributed by atoms with Crippen LogP contribution < -0.4 is 0 Å². The molecule has 0 saturated carbocycles. The first-order valence-corrected chi connectivity index (χ1v) is 4.21. The lowest BCUT2D eigenvalue weighted by Crippen LogP contribution is -1.84. The van der Waals surface area contributed by atoms with Gasteiger partial charge in [-0.3, -0.25) is 4.79 Å². The minimum Gasteiger partial charge on any atom is -0.282 e. The molecule has 0 aliphatic heterocycles. The fraction of sp³-hybridized carbons (Fsp3) is 0. The van der Waals surface area contributed by atoms with Crippen molar-refractivity contribution in [3.05, 3.63) is 42.2 Å². The van der Waals surface area contributed by atoms with E-state index < -0.39 is 0 Å². The summed E-state index contributed by atoms with van der Waals surface area (Å²) in [4.78, 5) is 10.5. The summed E-state index contributed by atoms with van der Waals surface area (Å²) in [6.45, 7) is 0. The number of nitrogens with zero attached hydrogens (tertiary/aromatic N) is 3. The van der Waals surface area contributed by atoms with Gasteiger partial charge >= 0.3 is 0 Å². The molecule has 1 aromatic heterocycles. The highest BCUT2D eigenvalue weighted by atomic mass is 32.1. The van der Waals surface area contributed by atoms with E-state index in [1.165, 1.54) is 6.33 Å². The predicted octanol–water partition coefficient (Wildman–Crippen LogP) is 0.956. The fourth-order valence-corrected chi connectivity index (χ4v) is 0.859. The van der Waals surface area contributed by atoms with Crippen molar-refractivity contribution in [2.24, 2.45) is 0 Å². The second kappa shape index (κ2) is 5.87. The number of aromatic nitrogens is 4. The summed E-state index contributed by atoms with van der Waals surface area (Å²) in [5, 5.41) is 11.9. The normalized spacial score (nSPS) is 8.64. The maximum atomic E-state index is 10.5. The molecule has 6 heteroatoms. The molecule has 0 unspecified atom stereocenters. The van der Waals surface area contributed by atoms with Gasteiger partial charge in [0.1, 0.15) is 6.33 Å². The van der Waals surface area contributed by atoms with Crippen LogP contribution in [0.1, 0.15) is 10.4 Å². The Hall–Kier alpha value is -1.69. The van der Waals surface area contributed by atoms with Crippen molar-refractivity contribution >= 4 is 17.7 Å². The maximum absolute atomic E-state index is 10.5. The van der Waals surface area contributed by atoms with E-state index in [1.807, 2.05) is 18.2 Å². The van der Waals surface area contributed by atoms with Crippen molar-refractivity contribution in [2.45, 2.75) is 0 Å². The van der Waals surface area contributed by atoms with Crippen LogP contribution >= 0.6 is 12.6 Å². The number of benzene rings is 1. The number of nitrogens with one attached hydrogen (secondary N) is 1. The number of carbonyl (C=O) groups is 1. The van der Waals surface area contributed by atoms with Gasteiger partial charge in [0.05, 0.1) is 0 Å². The zero-order chi connectivity index (χ0) is 10.2. The fourth-order valence-electron chi connectivity index (χ4n) is 0.710. The van der Waals surface area contributed by atoms with Crippen LogP contribution in [0.25, 0.3) is 0 Å². The van der Waals surface area contributed by atoms with E-state index in [0.29, 0.717) is 5.56 Å². The molecule has 0 amide bonds. The van der Waals surface area contributed by atoms with Crippen LogP contribution in [0.5, 0.6) is 0 Å². The molecule has 0 aliphatic carbocycles. The summed E-state index contributed by atoms with van der Waals surface area (Å²) in [7, 11) is 0. The molecule has 0 bridgehead atoms. The van der Waals surface area contributed by atoms with E-state index in [9.17, 15) is 4.79 Å². The molecule has 14 heavy (non-hydrogen) atoms. The van der Waals surface area contributed by atoms with E-state index in [4.69, 9.17) is 0 Å². The number of hydrogen-bond donors (Lipinski definition) is 2. The number of rotatable bonds is 1. The SMILES string of the molecule is O=C(S)c1ccccc1.c1nnn[nH]1. The second-order valence-corrected chi connectivity index (χ2v) is 2.64. The van der Waals surface area contributed by atoms with Crippen molar-refractivity contribution in [2.75, 3.05) is 0 Å². The third-order valence-corrected chi connectivity index (χ3v) is 1.55. The number of thiol groups is 1. The molecule has 1 aromatic carbocycles. The highest BCUT2D eigenvalue weighted by Crippen LogP contribution is 2.00. The molecule has 0 aliphatic rings. The van der Waals surface area contributed by atoms with Crippen LogP contribution in [0.15, 0.2) is 36.7 Å². The van der Waals surface area contributed by atoms with Crippen LogP contribution in [-0.2, 0) is 0 Å². The third-order valence-electron chi connectivity index (χ3n) is 1.29. The van der Waals surface area contributed by atoms with Crippen LogP contribution in [0.3, 0.4) is 0 Å². The Bertz CT molecular complexity index is 345. The topological polar surface area (TPSA) is 71.5 Å². The predicted molar refractivity (Wildman–Crippen MR) is 53.9 cm³/mol. The largest absolute Gasteiger partial charge is 0.282 e. The summed E-state index contributed by atoms with van der Waals surface area (Å²) in [6, 6.07) is 8.94. The molecule has 0 radical (unpaired) electrons. The van der Waals surface area contributed by atoms with Gasteiger partial charge in [0.2, 0.25) is 5.12 Å². The Morgan fingerprint density at radius 2 is 2.00 bits per heavy atom. The quantitative estimate of drug-likeness (QED) is 0.685. The summed E-state index contributed by atoms with van der Waals surface area (Å²) < 4.78 is 0. The van der Waals surface area contributed by atoms with Gasteiger partial charge in [-0.2, -0.15) is 0 Å². The lowest BCUT2D eigenvalue weighted by Gasteiger charge is -1.88. The van der Waals surface area contributed by atoms with E-state index >= 15 is 0 Å². The summed E-state index contributed by atoms with van der Waals surface area (Å²) in [6.07, 6.45) is 1.40. The van der Waals surface area contributed by atoms with E-state index in [2.05, 4.69) is 33.3 Å². The molecule has 0 atom stereocenters. The molecule has 0 fully saturated rings. The maximum Gasteiger partial charge on any atom is 0.216 e. The van der Waals surface area contributed by atoms with Crippen molar-refractivity contribution in [3.63, 3.8) is 0 Å². The van der Waals surface area contributed by atoms with Crippen molar-refractivity contribution in [1.29, 1.82) is 0 Å². The van der Waals surface area contributed by atoms with Gasteiger partial charge < -0.3 is 0 Å². The molecule has 2 aromatic rings. The number of hydrogen-bond acceptors (Lipinski definition) is 4. The Kier molecular flexibility index (Phi) is 4.36. The number of carbonyl (C=O) groups excluding carboxylic acids is 1. The number of aromatic amines is 1. The lowest BCUT2D eigenvalue weighted by atomic mass is 10.2. The molecule has 72 valence electrons. The Morgan fingerprint density at radius 1 is 1.29 bits per heavy atom. The third kappa shape index (κ3) is 3.81. The van der Waals surface area contributed by atoms with Crippen LogP contribution in [0.4, 0.5) is 0 Å². The van der Waals surface area contributed by atoms with Crippen LogP contribution in [0, 0.1) is 0 Å². The zero-order valence-electron chi connectivity index (χ0n) is 7.16. The molecule has 0 saturated heterocycles. The summed E-state index contributed by atoms with van der Waals surface area (Å²) >= 11 is 3.65. The zero-order valence-corrected chi connectivity index (χ0v) is 8.06. The van der Waals surface area contributed by atoms with Gasteiger partial charge in [0.15, 0.2) is 0 Å². The van der Waals surface area contributed by atoms with Crippen LogP contribution in [-0.4, -0.2) is 25.7 Å². The first-order valence-electron chi connectivity index (χ1n) is 3.76.